The molecule has 3 heteroatoms. The maximum Gasteiger partial charge on any atom is 0.111 e. The quantitative estimate of drug-likeness (QED) is 0.796. The first-order valence-corrected chi connectivity index (χ1v) is 6.06. The van der Waals surface area contributed by atoms with E-state index in [9.17, 15) is 0 Å². The third-order valence-electron chi connectivity index (χ3n) is 3.27. The number of rotatable bonds is 5. The highest BCUT2D eigenvalue weighted by atomic mass is 16.3. The number of furan rings is 1. The number of aryl methyl sites for hydroxylation is 1. The maximum absolute atomic E-state index is 5.69. The normalized spacial score (nSPS) is 17.4. The standard InChI is InChI=1S/C13H22N2O/c1-10-4-5-12(16-10)13(2,3)9-15-8-11-6-14-7-11/h4-5,11,14-15H,6-9H2,1-3H3. The molecule has 2 heterocycles. The van der Waals surface area contributed by atoms with Gasteiger partial charge in [-0.15, -0.1) is 0 Å². The van der Waals surface area contributed by atoms with Crippen LogP contribution in [0.5, 0.6) is 0 Å². The fraction of sp³-hybridized carbons (Fsp3) is 0.692. The van der Waals surface area contributed by atoms with Gasteiger partial charge in [-0.1, -0.05) is 13.8 Å². The zero-order valence-corrected chi connectivity index (χ0v) is 10.5. The molecular weight excluding hydrogens is 200 g/mol. The Bertz CT molecular complexity index is 339. The molecule has 16 heavy (non-hydrogen) atoms. The van der Waals surface area contributed by atoms with Crippen LogP contribution in [-0.4, -0.2) is 26.2 Å². The minimum atomic E-state index is 0.0748. The molecule has 1 aliphatic rings. The van der Waals surface area contributed by atoms with Crippen LogP contribution in [0.15, 0.2) is 16.5 Å². The number of hydrogen-bond donors (Lipinski definition) is 2. The summed E-state index contributed by atoms with van der Waals surface area (Å²) < 4.78 is 5.69. The van der Waals surface area contributed by atoms with Crippen LogP contribution in [0.25, 0.3) is 0 Å². The molecule has 0 saturated carbocycles. The summed E-state index contributed by atoms with van der Waals surface area (Å²) in [6.45, 7) is 10.8. The van der Waals surface area contributed by atoms with Crippen LogP contribution in [0, 0.1) is 12.8 Å². The largest absolute Gasteiger partial charge is 0.466 e. The molecular formula is C13H22N2O. The molecule has 0 spiro atoms. The van der Waals surface area contributed by atoms with Crippen molar-refractivity contribution in [2.24, 2.45) is 5.92 Å². The van der Waals surface area contributed by atoms with Crippen LogP contribution >= 0.6 is 0 Å². The molecule has 0 aliphatic carbocycles. The molecule has 1 aliphatic heterocycles. The van der Waals surface area contributed by atoms with Crippen molar-refractivity contribution >= 4 is 0 Å². The lowest BCUT2D eigenvalue weighted by Gasteiger charge is -2.29. The zero-order chi connectivity index (χ0) is 11.6. The fourth-order valence-electron chi connectivity index (χ4n) is 1.97. The van der Waals surface area contributed by atoms with Gasteiger partial charge in [0.25, 0.3) is 0 Å². The Morgan fingerprint density at radius 1 is 1.44 bits per heavy atom. The summed E-state index contributed by atoms with van der Waals surface area (Å²) in [6, 6.07) is 4.12. The van der Waals surface area contributed by atoms with E-state index in [1.165, 1.54) is 0 Å². The predicted molar refractivity (Wildman–Crippen MR) is 65.7 cm³/mol. The summed E-state index contributed by atoms with van der Waals surface area (Å²) in [7, 11) is 0. The van der Waals surface area contributed by atoms with Gasteiger partial charge in [0.2, 0.25) is 0 Å². The van der Waals surface area contributed by atoms with Gasteiger partial charge < -0.3 is 15.1 Å². The van der Waals surface area contributed by atoms with E-state index in [1.807, 2.05) is 13.0 Å². The third kappa shape index (κ3) is 2.66. The van der Waals surface area contributed by atoms with Crippen LogP contribution in [-0.2, 0) is 5.41 Å². The zero-order valence-electron chi connectivity index (χ0n) is 10.5. The average Bonchev–Trinajstić information content (AvgIpc) is 2.57. The number of hydrogen-bond acceptors (Lipinski definition) is 3. The van der Waals surface area contributed by atoms with Gasteiger partial charge in [0, 0.05) is 31.6 Å². The van der Waals surface area contributed by atoms with Gasteiger partial charge in [0.05, 0.1) is 0 Å². The Kier molecular flexibility index (Phi) is 3.36. The van der Waals surface area contributed by atoms with Gasteiger partial charge in [0.1, 0.15) is 11.5 Å². The van der Waals surface area contributed by atoms with E-state index in [0.717, 1.165) is 43.6 Å². The Hall–Kier alpha value is -0.800. The van der Waals surface area contributed by atoms with E-state index >= 15 is 0 Å². The smallest absolute Gasteiger partial charge is 0.111 e. The first-order valence-electron chi connectivity index (χ1n) is 6.06. The second-order valence-electron chi connectivity index (χ2n) is 5.45. The lowest BCUT2D eigenvalue weighted by molar-refractivity contribution is 0.304. The molecule has 0 aromatic carbocycles. The lowest BCUT2D eigenvalue weighted by atomic mass is 9.90. The van der Waals surface area contributed by atoms with E-state index in [4.69, 9.17) is 4.42 Å². The van der Waals surface area contributed by atoms with E-state index in [2.05, 4.69) is 30.5 Å². The summed E-state index contributed by atoms with van der Waals surface area (Å²) in [6.07, 6.45) is 0. The predicted octanol–water partition coefficient (Wildman–Crippen LogP) is 1.67. The minimum Gasteiger partial charge on any atom is -0.466 e. The second kappa shape index (κ2) is 4.60. The van der Waals surface area contributed by atoms with Crippen LogP contribution in [0.1, 0.15) is 25.4 Å². The van der Waals surface area contributed by atoms with Gasteiger partial charge in [-0.3, -0.25) is 0 Å². The molecule has 90 valence electrons. The summed E-state index contributed by atoms with van der Waals surface area (Å²) in [4.78, 5) is 0. The second-order valence-corrected chi connectivity index (χ2v) is 5.45. The molecule has 1 aromatic heterocycles. The molecule has 2 rings (SSSR count). The Morgan fingerprint density at radius 2 is 2.19 bits per heavy atom. The van der Waals surface area contributed by atoms with Crippen LogP contribution < -0.4 is 10.6 Å². The highest BCUT2D eigenvalue weighted by Crippen LogP contribution is 2.24. The van der Waals surface area contributed by atoms with Gasteiger partial charge in [-0.25, -0.2) is 0 Å². The monoisotopic (exact) mass is 222 g/mol. The van der Waals surface area contributed by atoms with Crippen LogP contribution in [0.2, 0.25) is 0 Å². The van der Waals surface area contributed by atoms with Gasteiger partial charge in [-0.05, 0) is 25.0 Å². The number of nitrogens with one attached hydrogen (secondary N) is 2. The topological polar surface area (TPSA) is 37.2 Å². The lowest BCUT2D eigenvalue weighted by Crippen LogP contribution is -2.48. The Labute approximate surface area is 97.6 Å². The van der Waals surface area contributed by atoms with E-state index < -0.39 is 0 Å². The van der Waals surface area contributed by atoms with Crippen molar-refractivity contribution in [3.63, 3.8) is 0 Å². The maximum atomic E-state index is 5.69. The van der Waals surface area contributed by atoms with Gasteiger partial charge >= 0.3 is 0 Å². The highest BCUT2D eigenvalue weighted by molar-refractivity contribution is 5.15. The summed E-state index contributed by atoms with van der Waals surface area (Å²) in [5.41, 5.74) is 0.0748. The molecule has 0 unspecified atom stereocenters. The van der Waals surface area contributed by atoms with E-state index in [1.54, 1.807) is 0 Å². The van der Waals surface area contributed by atoms with Gasteiger partial charge in [0.15, 0.2) is 0 Å². The summed E-state index contributed by atoms with van der Waals surface area (Å²) >= 11 is 0. The fourth-order valence-corrected chi connectivity index (χ4v) is 1.97. The van der Waals surface area contributed by atoms with Crippen molar-refractivity contribution < 1.29 is 4.42 Å². The molecule has 1 saturated heterocycles. The molecule has 3 nitrogen and oxygen atoms in total. The van der Waals surface area contributed by atoms with Crippen molar-refractivity contribution in [2.75, 3.05) is 26.2 Å². The average molecular weight is 222 g/mol. The highest BCUT2D eigenvalue weighted by Gasteiger charge is 2.25. The van der Waals surface area contributed by atoms with Crippen molar-refractivity contribution in [3.8, 4) is 0 Å². The molecule has 0 radical (unpaired) electrons. The van der Waals surface area contributed by atoms with Crippen molar-refractivity contribution in [1.82, 2.24) is 10.6 Å². The summed E-state index contributed by atoms with van der Waals surface area (Å²) in [5.74, 6) is 2.88. The van der Waals surface area contributed by atoms with E-state index in [-0.39, 0.29) is 5.41 Å². The first-order chi connectivity index (χ1) is 7.58. The van der Waals surface area contributed by atoms with E-state index in [0.29, 0.717) is 0 Å². The minimum absolute atomic E-state index is 0.0748. The third-order valence-corrected chi connectivity index (χ3v) is 3.27. The SMILES string of the molecule is Cc1ccc(C(C)(C)CNCC2CNC2)o1. The molecule has 1 aromatic rings. The van der Waals surface area contributed by atoms with Crippen molar-refractivity contribution in [2.45, 2.75) is 26.2 Å². The van der Waals surface area contributed by atoms with Gasteiger partial charge in [-0.2, -0.15) is 0 Å². The Morgan fingerprint density at radius 3 is 2.69 bits per heavy atom. The van der Waals surface area contributed by atoms with Crippen LogP contribution in [0.4, 0.5) is 0 Å². The molecule has 0 amide bonds. The Balaban J connectivity index is 1.81. The summed E-state index contributed by atoms with van der Waals surface area (Å²) in [5, 5.41) is 6.82. The first kappa shape index (κ1) is 11.7. The van der Waals surface area contributed by atoms with Crippen molar-refractivity contribution in [3.05, 3.63) is 23.7 Å². The molecule has 0 bridgehead atoms. The van der Waals surface area contributed by atoms with Crippen molar-refractivity contribution in [1.29, 1.82) is 0 Å². The molecule has 0 atom stereocenters. The van der Waals surface area contributed by atoms with Crippen LogP contribution in [0.3, 0.4) is 0 Å². The molecule has 1 fully saturated rings. The molecule has 2 N–H and O–H groups in total.